The van der Waals surface area contributed by atoms with Crippen LogP contribution in [-0.2, 0) is 11.3 Å². The van der Waals surface area contributed by atoms with Crippen molar-refractivity contribution in [3.8, 4) is 11.3 Å². The van der Waals surface area contributed by atoms with Gasteiger partial charge in [0.25, 0.3) is 5.91 Å². The third-order valence-electron chi connectivity index (χ3n) is 5.77. The lowest BCUT2D eigenvalue weighted by Crippen LogP contribution is -2.23. The van der Waals surface area contributed by atoms with Gasteiger partial charge in [-0.3, -0.25) is 4.79 Å². The first-order chi connectivity index (χ1) is 15.6. The van der Waals surface area contributed by atoms with Gasteiger partial charge < -0.3 is 15.8 Å². The van der Waals surface area contributed by atoms with Crippen molar-refractivity contribution >= 4 is 22.8 Å². The molecule has 1 amide bonds. The molecular weight excluding hydrogens is 404 g/mol. The van der Waals surface area contributed by atoms with Crippen LogP contribution in [0.4, 0.5) is 5.82 Å². The molecule has 162 valence electrons. The van der Waals surface area contributed by atoms with Crippen LogP contribution in [0.2, 0.25) is 0 Å². The number of anilines is 1. The van der Waals surface area contributed by atoms with E-state index in [1.807, 2.05) is 60.1 Å². The lowest BCUT2D eigenvalue weighted by molar-refractivity contribution is 0.0500. The SMILES string of the molecule is Cc1ccccc1C(=O)NCc1ccc(-c2nn(C3CCCO3)c3ncnc(N)c23)cc1. The molecule has 3 heterocycles. The number of nitrogens with two attached hydrogens (primary N) is 1. The zero-order valence-corrected chi connectivity index (χ0v) is 17.8. The number of aryl methyl sites for hydroxylation is 1. The molecule has 0 aliphatic carbocycles. The van der Waals surface area contributed by atoms with Gasteiger partial charge in [-0.15, -0.1) is 0 Å². The van der Waals surface area contributed by atoms with E-state index in [0.717, 1.165) is 40.6 Å². The van der Waals surface area contributed by atoms with Gasteiger partial charge in [-0.25, -0.2) is 14.6 Å². The van der Waals surface area contributed by atoms with Crippen molar-refractivity contribution in [3.05, 3.63) is 71.5 Å². The van der Waals surface area contributed by atoms with E-state index in [1.54, 1.807) is 0 Å². The Labute approximate surface area is 185 Å². The van der Waals surface area contributed by atoms with E-state index in [2.05, 4.69) is 15.3 Å². The van der Waals surface area contributed by atoms with Gasteiger partial charge in [-0.1, -0.05) is 42.5 Å². The number of benzene rings is 2. The minimum absolute atomic E-state index is 0.0848. The molecule has 4 aromatic rings. The zero-order valence-electron chi connectivity index (χ0n) is 17.8. The maximum absolute atomic E-state index is 12.5. The Kier molecular flexibility index (Phi) is 5.28. The Morgan fingerprint density at radius 2 is 2.00 bits per heavy atom. The van der Waals surface area contributed by atoms with E-state index >= 15 is 0 Å². The van der Waals surface area contributed by atoms with Crippen LogP contribution >= 0.6 is 0 Å². The van der Waals surface area contributed by atoms with E-state index in [0.29, 0.717) is 30.2 Å². The van der Waals surface area contributed by atoms with Gasteiger partial charge >= 0.3 is 0 Å². The van der Waals surface area contributed by atoms with Crippen LogP contribution in [0.3, 0.4) is 0 Å². The highest BCUT2D eigenvalue weighted by Gasteiger charge is 2.25. The Morgan fingerprint density at radius 1 is 1.19 bits per heavy atom. The van der Waals surface area contributed by atoms with Gasteiger partial charge in [0.05, 0.1) is 5.39 Å². The average Bonchev–Trinajstić information content (AvgIpc) is 3.47. The summed E-state index contributed by atoms with van der Waals surface area (Å²) in [6.07, 6.45) is 3.19. The van der Waals surface area contributed by atoms with Crippen LogP contribution in [0, 0.1) is 6.92 Å². The number of carbonyl (C=O) groups is 1. The molecule has 1 atom stereocenters. The first-order valence-electron chi connectivity index (χ1n) is 10.7. The minimum atomic E-state index is -0.142. The van der Waals surface area contributed by atoms with E-state index in [-0.39, 0.29) is 12.1 Å². The highest BCUT2D eigenvalue weighted by molar-refractivity contribution is 5.98. The molecule has 0 bridgehead atoms. The standard InChI is InChI=1S/C24H24N6O2/c1-15-5-2-3-6-18(15)24(31)26-13-16-8-10-17(11-9-16)21-20-22(25)27-14-28-23(20)30(29-21)19-7-4-12-32-19/h2-3,5-6,8-11,14,19H,4,7,12-13H2,1H3,(H,26,31)(H2,25,27,28). The number of hydrogen-bond acceptors (Lipinski definition) is 6. The fourth-order valence-electron chi connectivity index (χ4n) is 4.04. The number of amides is 1. The second kappa shape index (κ2) is 8.39. The molecule has 1 unspecified atom stereocenters. The normalized spacial score (nSPS) is 15.8. The summed E-state index contributed by atoms with van der Waals surface area (Å²) >= 11 is 0. The summed E-state index contributed by atoms with van der Waals surface area (Å²) < 4.78 is 7.63. The summed E-state index contributed by atoms with van der Waals surface area (Å²) in [5.41, 5.74) is 11.1. The lowest BCUT2D eigenvalue weighted by Gasteiger charge is -2.10. The van der Waals surface area contributed by atoms with Gasteiger partial charge in [0.15, 0.2) is 11.9 Å². The number of ether oxygens (including phenoxy) is 1. The number of aromatic nitrogens is 4. The van der Waals surface area contributed by atoms with Crippen molar-refractivity contribution in [2.75, 3.05) is 12.3 Å². The van der Waals surface area contributed by atoms with Crippen molar-refractivity contribution in [1.29, 1.82) is 0 Å². The molecule has 1 aliphatic heterocycles. The molecule has 2 aromatic carbocycles. The van der Waals surface area contributed by atoms with Gasteiger partial charge in [-0.05, 0) is 37.0 Å². The maximum Gasteiger partial charge on any atom is 0.251 e. The molecule has 1 aliphatic rings. The number of carbonyl (C=O) groups excluding carboxylic acids is 1. The van der Waals surface area contributed by atoms with Crippen molar-refractivity contribution in [1.82, 2.24) is 25.1 Å². The second-order valence-electron chi connectivity index (χ2n) is 7.91. The summed E-state index contributed by atoms with van der Waals surface area (Å²) in [5.74, 6) is 0.308. The smallest absolute Gasteiger partial charge is 0.251 e. The zero-order chi connectivity index (χ0) is 22.1. The number of nitrogen functional groups attached to an aromatic ring is 1. The van der Waals surface area contributed by atoms with Crippen LogP contribution in [-0.4, -0.2) is 32.3 Å². The summed E-state index contributed by atoms with van der Waals surface area (Å²) in [4.78, 5) is 21.1. The largest absolute Gasteiger partial charge is 0.383 e. The summed E-state index contributed by atoms with van der Waals surface area (Å²) in [5, 5.41) is 8.50. The van der Waals surface area contributed by atoms with Crippen molar-refractivity contribution < 1.29 is 9.53 Å². The maximum atomic E-state index is 12.5. The number of nitrogens with zero attached hydrogens (tertiary/aromatic N) is 4. The Balaban J connectivity index is 1.39. The number of nitrogens with one attached hydrogen (secondary N) is 1. The summed E-state index contributed by atoms with van der Waals surface area (Å²) in [6, 6.07) is 15.5. The Hall–Kier alpha value is -3.78. The van der Waals surface area contributed by atoms with E-state index in [4.69, 9.17) is 15.6 Å². The molecule has 2 aromatic heterocycles. The third-order valence-corrected chi connectivity index (χ3v) is 5.77. The van der Waals surface area contributed by atoms with Crippen molar-refractivity contribution in [3.63, 3.8) is 0 Å². The van der Waals surface area contributed by atoms with Crippen LogP contribution in [0.1, 0.15) is 40.6 Å². The van der Waals surface area contributed by atoms with E-state index < -0.39 is 0 Å². The first kappa shape index (κ1) is 20.1. The molecule has 1 fully saturated rings. The van der Waals surface area contributed by atoms with Gasteiger partial charge in [-0.2, -0.15) is 5.10 Å². The highest BCUT2D eigenvalue weighted by atomic mass is 16.5. The topological polar surface area (TPSA) is 108 Å². The molecular formula is C24H24N6O2. The molecule has 3 N–H and O–H groups in total. The molecule has 32 heavy (non-hydrogen) atoms. The quantitative estimate of drug-likeness (QED) is 0.503. The van der Waals surface area contributed by atoms with Crippen LogP contribution in [0.5, 0.6) is 0 Å². The fourth-order valence-corrected chi connectivity index (χ4v) is 4.04. The minimum Gasteiger partial charge on any atom is -0.383 e. The number of hydrogen-bond donors (Lipinski definition) is 2. The van der Waals surface area contributed by atoms with Crippen molar-refractivity contribution in [2.24, 2.45) is 0 Å². The third kappa shape index (κ3) is 3.69. The Morgan fingerprint density at radius 3 is 2.75 bits per heavy atom. The summed E-state index contributed by atoms with van der Waals surface area (Å²) in [7, 11) is 0. The Bertz CT molecular complexity index is 1280. The predicted octanol–water partition coefficient (Wildman–Crippen LogP) is 3.62. The monoisotopic (exact) mass is 428 g/mol. The average molecular weight is 428 g/mol. The molecule has 8 nitrogen and oxygen atoms in total. The molecule has 8 heteroatoms. The number of fused-ring (bicyclic) bond motifs is 1. The highest BCUT2D eigenvalue weighted by Crippen LogP contribution is 2.34. The second-order valence-corrected chi connectivity index (χ2v) is 7.91. The molecule has 0 radical (unpaired) electrons. The van der Waals surface area contributed by atoms with E-state index in [9.17, 15) is 4.79 Å². The molecule has 1 saturated heterocycles. The first-order valence-corrected chi connectivity index (χ1v) is 10.7. The molecule has 5 rings (SSSR count). The van der Waals surface area contributed by atoms with Crippen LogP contribution in [0.25, 0.3) is 22.3 Å². The van der Waals surface area contributed by atoms with Gasteiger partial charge in [0.1, 0.15) is 17.8 Å². The van der Waals surface area contributed by atoms with Crippen LogP contribution in [0.15, 0.2) is 54.9 Å². The number of rotatable bonds is 5. The molecule has 0 saturated carbocycles. The van der Waals surface area contributed by atoms with Crippen LogP contribution < -0.4 is 11.1 Å². The fraction of sp³-hybridized carbons (Fsp3) is 0.250. The summed E-state index contributed by atoms with van der Waals surface area (Å²) in [6.45, 7) is 3.08. The van der Waals surface area contributed by atoms with E-state index in [1.165, 1.54) is 6.33 Å². The molecule has 0 spiro atoms. The lowest BCUT2D eigenvalue weighted by atomic mass is 10.1. The predicted molar refractivity (Wildman–Crippen MR) is 122 cm³/mol. The van der Waals surface area contributed by atoms with Gasteiger partial charge in [0, 0.05) is 24.3 Å². The van der Waals surface area contributed by atoms with Gasteiger partial charge in [0.2, 0.25) is 0 Å². The van der Waals surface area contributed by atoms with Crippen molar-refractivity contribution in [2.45, 2.75) is 32.5 Å².